The summed E-state index contributed by atoms with van der Waals surface area (Å²) in [6.45, 7) is -0.316. The van der Waals surface area contributed by atoms with Crippen molar-refractivity contribution in [2.45, 2.75) is 19.3 Å². The zero-order valence-corrected chi connectivity index (χ0v) is 19.0. The maximum atomic E-state index is 13.8. The van der Waals surface area contributed by atoms with Crippen molar-refractivity contribution in [1.29, 1.82) is 5.26 Å². The van der Waals surface area contributed by atoms with Crippen LogP contribution in [0.1, 0.15) is 32.6 Å². The normalized spacial score (nSPS) is 13.1. The van der Waals surface area contributed by atoms with Crippen molar-refractivity contribution in [3.05, 3.63) is 88.7 Å². The third kappa shape index (κ3) is 3.89. The Hall–Kier alpha value is -4.49. The molecule has 5 rings (SSSR count). The summed E-state index contributed by atoms with van der Waals surface area (Å²) in [5, 5.41) is 17.5. The molecule has 0 atom stereocenters. The topological polar surface area (TPSA) is 101 Å². The van der Waals surface area contributed by atoms with E-state index in [9.17, 15) is 23.2 Å². The smallest absolute Gasteiger partial charge is 0.326 e. The van der Waals surface area contributed by atoms with Gasteiger partial charge in [0.15, 0.2) is 5.82 Å². The molecule has 36 heavy (non-hydrogen) atoms. The highest BCUT2D eigenvalue weighted by Crippen LogP contribution is 2.40. The molecule has 0 unspecified atom stereocenters. The van der Waals surface area contributed by atoms with Gasteiger partial charge >= 0.3 is 6.18 Å². The molecule has 3 aromatic carbocycles. The molecule has 0 aliphatic carbocycles. The van der Waals surface area contributed by atoms with Crippen LogP contribution >= 0.6 is 0 Å². The minimum Gasteiger partial charge on any atom is -0.326 e. The van der Waals surface area contributed by atoms with Crippen molar-refractivity contribution in [3.63, 3.8) is 0 Å². The summed E-state index contributed by atoms with van der Waals surface area (Å²) in [6, 6.07) is 16.7. The minimum atomic E-state index is -4.61. The molecule has 1 aliphatic heterocycles. The zero-order chi connectivity index (χ0) is 25.6. The molecule has 2 heterocycles. The summed E-state index contributed by atoms with van der Waals surface area (Å²) in [4.78, 5) is 14.6. The number of amides is 1. The van der Waals surface area contributed by atoms with Crippen LogP contribution in [0.5, 0.6) is 0 Å². The number of rotatable bonds is 4. The van der Waals surface area contributed by atoms with Crippen LogP contribution in [-0.2, 0) is 26.3 Å². The van der Waals surface area contributed by atoms with E-state index in [0.717, 1.165) is 11.6 Å². The number of hydrogen-bond donors (Lipinski definition) is 1. The fraction of sp³-hybridized carbons (Fsp3) is 0.154. The molecule has 0 saturated heterocycles. The van der Waals surface area contributed by atoms with E-state index in [2.05, 4.69) is 16.3 Å². The second kappa shape index (κ2) is 8.62. The van der Waals surface area contributed by atoms with E-state index in [1.807, 2.05) is 6.07 Å². The average Bonchev–Trinajstić information content (AvgIpc) is 3.45. The number of anilines is 1. The van der Waals surface area contributed by atoms with Gasteiger partial charge in [0.05, 0.1) is 23.7 Å². The van der Waals surface area contributed by atoms with Crippen LogP contribution in [0.25, 0.3) is 22.5 Å². The van der Waals surface area contributed by atoms with Gasteiger partial charge in [-0.15, -0.1) is 10.2 Å². The number of carbonyl (C=O) groups excluding carboxylic acids is 1. The van der Waals surface area contributed by atoms with Crippen LogP contribution in [0.3, 0.4) is 0 Å². The number of halogens is 3. The summed E-state index contributed by atoms with van der Waals surface area (Å²) < 4.78 is 43.0. The van der Waals surface area contributed by atoms with Crippen molar-refractivity contribution in [1.82, 2.24) is 14.8 Å². The number of aryl methyl sites for hydroxylation is 1. The fourth-order valence-electron chi connectivity index (χ4n) is 4.47. The standard InChI is InChI=1S/C26H19F3N6O/c1-34-14-32-33-24(34)20-7-15(11-30)5-6-19(20)17-3-2-4-18(10-17)35-13-22-21(25(35)36)8-16(12-31)9-23(22)26(27,28)29/h2-10,14H,12-13,31H2,1H3. The largest absolute Gasteiger partial charge is 0.416 e. The second-order valence-corrected chi connectivity index (χ2v) is 8.45. The zero-order valence-electron chi connectivity index (χ0n) is 19.0. The van der Waals surface area contributed by atoms with Crippen LogP contribution in [-0.4, -0.2) is 20.7 Å². The van der Waals surface area contributed by atoms with E-state index >= 15 is 0 Å². The van der Waals surface area contributed by atoms with Gasteiger partial charge in [-0.3, -0.25) is 4.79 Å². The highest BCUT2D eigenvalue weighted by atomic mass is 19.4. The number of benzene rings is 3. The van der Waals surface area contributed by atoms with Gasteiger partial charge in [0.1, 0.15) is 6.33 Å². The Morgan fingerprint density at radius 2 is 1.89 bits per heavy atom. The molecule has 0 radical (unpaired) electrons. The molecule has 180 valence electrons. The Morgan fingerprint density at radius 3 is 2.56 bits per heavy atom. The molecular weight excluding hydrogens is 469 g/mol. The molecule has 0 spiro atoms. The fourth-order valence-corrected chi connectivity index (χ4v) is 4.47. The van der Waals surface area contributed by atoms with Gasteiger partial charge in [0.2, 0.25) is 0 Å². The van der Waals surface area contributed by atoms with E-state index < -0.39 is 17.6 Å². The summed E-state index contributed by atoms with van der Waals surface area (Å²) in [5.41, 5.74) is 7.93. The van der Waals surface area contributed by atoms with Crippen LogP contribution in [0.15, 0.2) is 60.9 Å². The minimum absolute atomic E-state index is 0.00817. The molecule has 7 nitrogen and oxygen atoms in total. The maximum absolute atomic E-state index is 13.8. The van der Waals surface area contributed by atoms with Crippen LogP contribution < -0.4 is 10.6 Å². The predicted molar refractivity (Wildman–Crippen MR) is 126 cm³/mol. The molecule has 0 saturated carbocycles. The van der Waals surface area contributed by atoms with Crippen LogP contribution in [0.4, 0.5) is 18.9 Å². The second-order valence-electron chi connectivity index (χ2n) is 8.45. The first kappa shape index (κ1) is 23.3. The van der Waals surface area contributed by atoms with Crippen LogP contribution in [0, 0.1) is 11.3 Å². The number of aromatic nitrogens is 3. The first-order chi connectivity index (χ1) is 17.2. The lowest BCUT2D eigenvalue weighted by atomic mass is 9.96. The molecular formula is C26H19F3N6O. The number of carbonyl (C=O) groups is 1. The summed E-state index contributed by atoms with van der Waals surface area (Å²) >= 11 is 0. The quantitative estimate of drug-likeness (QED) is 0.450. The molecule has 0 fully saturated rings. The van der Waals surface area contributed by atoms with Crippen molar-refractivity contribution in [3.8, 4) is 28.6 Å². The monoisotopic (exact) mass is 488 g/mol. The van der Waals surface area contributed by atoms with Gasteiger partial charge in [-0.25, -0.2) is 0 Å². The lowest BCUT2D eigenvalue weighted by Crippen LogP contribution is -2.23. The number of alkyl halides is 3. The summed E-state index contributed by atoms with van der Waals surface area (Å²) in [5.74, 6) is 0.0255. The third-order valence-electron chi connectivity index (χ3n) is 6.21. The molecule has 2 N–H and O–H groups in total. The number of hydrogen-bond acceptors (Lipinski definition) is 5. The van der Waals surface area contributed by atoms with Crippen molar-refractivity contribution in [2.24, 2.45) is 12.8 Å². The Balaban J connectivity index is 1.59. The van der Waals surface area contributed by atoms with Gasteiger partial charge in [-0.1, -0.05) is 18.2 Å². The highest BCUT2D eigenvalue weighted by molar-refractivity contribution is 6.10. The third-order valence-corrected chi connectivity index (χ3v) is 6.21. The van der Waals surface area contributed by atoms with E-state index in [1.165, 1.54) is 11.0 Å². The van der Waals surface area contributed by atoms with Crippen LogP contribution in [0.2, 0.25) is 0 Å². The average molecular weight is 488 g/mol. The number of fused-ring (bicyclic) bond motifs is 1. The first-order valence-electron chi connectivity index (χ1n) is 10.9. The Bertz CT molecular complexity index is 1550. The van der Waals surface area contributed by atoms with E-state index in [0.29, 0.717) is 28.2 Å². The molecule has 1 aliphatic rings. The lowest BCUT2D eigenvalue weighted by molar-refractivity contribution is -0.138. The van der Waals surface area contributed by atoms with Gasteiger partial charge in [-0.05, 0) is 58.7 Å². The summed E-state index contributed by atoms with van der Waals surface area (Å²) in [6.07, 6.45) is -3.07. The maximum Gasteiger partial charge on any atom is 0.416 e. The Labute approximate surface area is 204 Å². The summed E-state index contributed by atoms with van der Waals surface area (Å²) in [7, 11) is 1.78. The molecule has 4 aromatic rings. The lowest BCUT2D eigenvalue weighted by Gasteiger charge is -2.18. The number of nitriles is 1. The number of nitrogens with zero attached hydrogens (tertiary/aromatic N) is 5. The van der Waals surface area contributed by atoms with Crippen molar-refractivity contribution in [2.75, 3.05) is 4.90 Å². The van der Waals surface area contributed by atoms with Gasteiger partial charge < -0.3 is 15.2 Å². The van der Waals surface area contributed by atoms with E-state index in [-0.39, 0.29) is 29.8 Å². The molecule has 0 bridgehead atoms. The van der Waals surface area contributed by atoms with E-state index in [1.54, 1.807) is 54.3 Å². The Morgan fingerprint density at radius 1 is 1.08 bits per heavy atom. The molecule has 10 heteroatoms. The van der Waals surface area contributed by atoms with Crippen molar-refractivity contribution < 1.29 is 18.0 Å². The van der Waals surface area contributed by atoms with E-state index in [4.69, 9.17) is 5.73 Å². The first-order valence-corrected chi connectivity index (χ1v) is 10.9. The van der Waals surface area contributed by atoms with Gasteiger partial charge in [0.25, 0.3) is 5.91 Å². The predicted octanol–water partition coefficient (Wildman–Crippen LogP) is 4.66. The van der Waals surface area contributed by atoms with Crippen molar-refractivity contribution >= 4 is 11.6 Å². The SMILES string of the molecule is Cn1cnnc1-c1cc(C#N)ccc1-c1cccc(N2Cc3c(cc(CN)cc3C(F)(F)F)C2=O)c1. The van der Waals surface area contributed by atoms with Gasteiger partial charge in [0, 0.05) is 30.4 Å². The Kier molecular flexibility index (Phi) is 5.57. The number of nitrogens with two attached hydrogens (primary N) is 1. The highest BCUT2D eigenvalue weighted by Gasteiger charge is 2.40. The van der Waals surface area contributed by atoms with Gasteiger partial charge in [-0.2, -0.15) is 18.4 Å². The molecule has 1 aromatic heterocycles. The molecule has 1 amide bonds.